The number of hydrogen-bond acceptors (Lipinski definition) is 8. The summed E-state index contributed by atoms with van der Waals surface area (Å²) < 4.78 is 32.1. The SMILES string of the molecule is CCOCO[C@H]1c2cc(OC)c(OC)cc2[C@@H](C(=O)OC)N2C(=O)OC[C@H]12. The largest absolute Gasteiger partial charge is 0.493 e. The molecule has 2 aliphatic rings. The maximum absolute atomic E-state index is 12.5. The fourth-order valence-electron chi connectivity index (χ4n) is 3.49. The number of fused-ring (bicyclic) bond motifs is 2. The molecular formula is C18H23NO8. The van der Waals surface area contributed by atoms with Crippen LogP contribution in [0.2, 0.25) is 0 Å². The van der Waals surface area contributed by atoms with E-state index in [4.69, 9.17) is 28.4 Å². The number of methoxy groups -OCH3 is 3. The van der Waals surface area contributed by atoms with Gasteiger partial charge in [0.05, 0.1) is 21.3 Å². The van der Waals surface area contributed by atoms with Crippen molar-refractivity contribution in [1.29, 1.82) is 0 Å². The lowest BCUT2D eigenvalue weighted by Gasteiger charge is -2.40. The summed E-state index contributed by atoms with van der Waals surface area (Å²) in [6.45, 7) is 2.47. The molecule has 0 radical (unpaired) electrons. The first kappa shape index (κ1) is 19.2. The zero-order valence-electron chi connectivity index (χ0n) is 15.7. The van der Waals surface area contributed by atoms with Gasteiger partial charge in [0.25, 0.3) is 0 Å². The molecule has 0 N–H and O–H groups in total. The van der Waals surface area contributed by atoms with Gasteiger partial charge in [0.1, 0.15) is 25.5 Å². The molecule has 0 saturated carbocycles. The molecule has 1 aromatic rings. The highest BCUT2D eigenvalue weighted by atomic mass is 16.7. The van der Waals surface area contributed by atoms with E-state index >= 15 is 0 Å². The van der Waals surface area contributed by atoms with Crippen molar-refractivity contribution in [3.8, 4) is 11.5 Å². The highest BCUT2D eigenvalue weighted by molar-refractivity contribution is 5.85. The average molecular weight is 381 g/mol. The van der Waals surface area contributed by atoms with Gasteiger partial charge in [-0.2, -0.15) is 0 Å². The van der Waals surface area contributed by atoms with Crippen LogP contribution < -0.4 is 9.47 Å². The van der Waals surface area contributed by atoms with Crippen LogP contribution in [-0.2, 0) is 23.7 Å². The summed E-state index contributed by atoms with van der Waals surface area (Å²) in [5, 5.41) is 0. The van der Waals surface area contributed by atoms with E-state index in [9.17, 15) is 9.59 Å². The van der Waals surface area contributed by atoms with Crippen molar-refractivity contribution in [2.75, 3.05) is 41.3 Å². The van der Waals surface area contributed by atoms with Gasteiger partial charge in [-0.3, -0.25) is 4.90 Å². The quantitative estimate of drug-likeness (QED) is 0.401. The van der Waals surface area contributed by atoms with Gasteiger partial charge in [-0.05, 0) is 30.2 Å². The Morgan fingerprint density at radius 1 is 1.19 bits per heavy atom. The molecule has 0 spiro atoms. The average Bonchev–Trinajstić information content (AvgIpc) is 3.07. The third kappa shape index (κ3) is 3.28. The van der Waals surface area contributed by atoms with Crippen LogP contribution in [-0.4, -0.2) is 64.3 Å². The topological polar surface area (TPSA) is 92.8 Å². The van der Waals surface area contributed by atoms with Crippen molar-refractivity contribution >= 4 is 12.1 Å². The van der Waals surface area contributed by atoms with Gasteiger partial charge in [-0.15, -0.1) is 0 Å². The summed E-state index contributed by atoms with van der Waals surface area (Å²) in [5.74, 6) is 0.346. The maximum atomic E-state index is 12.5. The minimum Gasteiger partial charge on any atom is -0.493 e. The number of rotatable bonds is 7. The number of carbonyl (C=O) groups is 2. The number of ether oxygens (including phenoxy) is 6. The molecule has 3 atom stereocenters. The Balaban J connectivity index is 2.14. The molecule has 3 rings (SSSR count). The Labute approximate surface area is 157 Å². The Kier molecular flexibility index (Phi) is 5.71. The molecule has 1 aromatic carbocycles. The van der Waals surface area contributed by atoms with Crippen molar-refractivity contribution < 1.29 is 38.0 Å². The van der Waals surface area contributed by atoms with Crippen molar-refractivity contribution in [3.63, 3.8) is 0 Å². The van der Waals surface area contributed by atoms with E-state index in [0.717, 1.165) is 0 Å². The second-order valence-corrected chi connectivity index (χ2v) is 6.01. The molecule has 9 nitrogen and oxygen atoms in total. The summed E-state index contributed by atoms with van der Waals surface area (Å²) in [6.07, 6.45) is -1.15. The second kappa shape index (κ2) is 8.01. The Hall–Kier alpha value is -2.52. The van der Waals surface area contributed by atoms with Gasteiger partial charge in [0.2, 0.25) is 0 Å². The third-order valence-corrected chi connectivity index (χ3v) is 4.72. The normalized spacial score (nSPS) is 23.3. The maximum Gasteiger partial charge on any atom is 0.411 e. The van der Waals surface area contributed by atoms with E-state index in [0.29, 0.717) is 29.2 Å². The molecular weight excluding hydrogens is 358 g/mol. The van der Waals surface area contributed by atoms with Crippen molar-refractivity contribution in [2.45, 2.75) is 25.1 Å². The predicted octanol–water partition coefficient (Wildman–Crippen LogP) is 1.80. The molecule has 0 aliphatic carbocycles. The molecule has 0 unspecified atom stereocenters. The summed E-state index contributed by atoms with van der Waals surface area (Å²) in [7, 11) is 4.29. The molecule has 0 aromatic heterocycles. The molecule has 1 fully saturated rings. The van der Waals surface area contributed by atoms with Crippen LogP contribution >= 0.6 is 0 Å². The highest BCUT2D eigenvalue weighted by Crippen LogP contribution is 2.47. The fraction of sp³-hybridized carbons (Fsp3) is 0.556. The minimum absolute atomic E-state index is 0.0381. The van der Waals surface area contributed by atoms with Gasteiger partial charge in [-0.1, -0.05) is 0 Å². The number of carbonyl (C=O) groups excluding carboxylic acids is 2. The van der Waals surface area contributed by atoms with Gasteiger partial charge < -0.3 is 28.4 Å². The second-order valence-electron chi connectivity index (χ2n) is 6.01. The fourth-order valence-corrected chi connectivity index (χ4v) is 3.49. The van der Waals surface area contributed by atoms with Crippen LogP contribution in [0, 0.1) is 0 Å². The zero-order chi connectivity index (χ0) is 19.6. The number of amides is 1. The molecule has 1 amide bonds. The lowest BCUT2D eigenvalue weighted by atomic mass is 9.86. The van der Waals surface area contributed by atoms with Crippen LogP contribution in [0.4, 0.5) is 4.79 Å². The molecule has 27 heavy (non-hydrogen) atoms. The summed E-state index contributed by atoms with van der Waals surface area (Å²) in [4.78, 5) is 26.2. The van der Waals surface area contributed by atoms with Gasteiger partial charge in [-0.25, -0.2) is 9.59 Å². The molecule has 2 aliphatic heterocycles. The van der Waals surface area contributed by atoms with E-state index in [2.05, 4.69) is 0 Å². The first-order valence-electron chi connectivity index (χ1n) is 8.55. The lowest BCUT2D eigenvalue weighted by Crippen LogP contribution is -2.48. The Morgan fingerprint density at radius 3 is 2.44 bits per heavy atom. The first-order chi connectivity index (χ1) is 13.1. The summed E-state index contributed by atoms with van der Waals surface area (Å²) in [6, 6.07) is 1.96. The first-order valence-corrected chi connectivity index (χ1v) is 8.55. The van der Waals surface area contributed by atoms with Crippen molar-refractivity contribution in [1.82, 2.24) is 4.90 Å². The predicted molar refractivity (Wildman–Crippen MR) is 91.6 cm³/mol. The highest BCUT2D eigenvalue weighted by Gasteiger charge is 2.52. The summed E-state index contributed by atoms with van der Waals surface area (Å²) >= 11 is 0. The van der Waals surface area contributed by atoms with E-state index < -0.39 is 30.3 Å². The Bertz CT molecular complexity index is 722. The van der Waals surface area contributed by atoms with E-state index in [1.807, 2.05) is 6.92 Å². The van der Waals surface area contributed by atoms with Gasteiger partial charge in [0.15, 0.2) is 17.5 Å². The van der Waals surface area contributed by atoms with Crippen LogP contribution in [0.25, 0.3) is 0 Å². The standard InChI is InChI=1S/C18H23NO8/c1-5-25-9-27-16-11-7-14(23-3)13(22-2)6-10(11)15(17(20)24-4)19-12(16)8-26-18(19)21/h6-7,12,15-16H,5,8-9H2,1-4H3/t12-,15+,16+/m1/s1. The van der Waals surface area contributed by atoms with E-state index in [-0.39, 0.29) is 13.4 Å². The van der Waals surface area contributed by atoms with Gasteiger partial charge >= 0.3 is 12.1 Å². The van der Waals surface area contributed by atoms with Crippen LogP contribution in [0.1, 0.15) is 30.2 Å². The number of cyclic esters (lactones) is 1. The number of esters is 1. The number of benzene rings is 1. The summed E-state index contributed by atoms with van der Waals surface area (Å²) in [5.41, 5.74) is 1.23. The third-order valence-electron chi connectivity index (χ3n) is 4.72. The van der Waals surface area contributed by atoms with Crippen molar-refractivity contribution in [3.05, 3.63) is 23.3 Å². The number of nitrogens with zero attached hydrogens (tertiary/aromatic N) is 1. The zero-order valence-corrected chi connectivity index (χ0v) is 15.7. The Morgan fingerprint density at radius 2 is 1.85 bits per heavy atom. The van der Waals surface area contributed by atoms with Gasteiger partial charge in [0, 0.05) is 6.61 Å². The number of hydrogen-bond donors (Lipinski definition) is 0. The molecule has 0 bridgehead atoms. The monoisotopic (exact) mass is 381 g/mol. The van der Waals surface area contributed by atoms with Crippen LogP contribution in [0.15, 0.2) is 12.1 Å². The lowest BCUT2D eigenvalue weighted by molar-refractivity contribution is -0.151. The molecule has 148 valence electrons. The molecule has 1 saturated heterocycles. The van der Waals surface area contributed by atoms with Crippen LogP contribution in [0.5, 0.6) is 11.5 Å². The molecule has 9 heteroatoms. The van der Waals surface area contributed by atoms with E-state index in [1.54, 1.807) is 12.1 Å². The van der Waals surface area contributed by atoms with E-state index in [1.165, 1.54) is 26.2 Å². The van der Waals surface area contributed by atoms with Crippen LogP contribution in [0.3, 0.4) is 0 Å². The van der Waals surface area contributed by atoms with Crippen molar-refractivity contribution in [2.24, 2.45) is 0 Å². The smallest absolute Gasteiger partial charge is 0.411 e. The molecule has 2 heterocycles. The minimum atomic E-state index is -0.961.